The first-order chi connectivity index (χ1) is 12.4. The molecule has 0 radical (unpaired) electrons. The van der Waals surface area contributed by atoms with Crippen molar-refractivity contribution in [2.24, 2.45) is 7.05 Å². The molecule has 1 aliphatic heterocycles. The lowest BCUT2D eigenvalue weighted by Gasteiger charge is -2.34. The molecule has 2 aromatic heterocycles. The third-order valence-electron chi connectivity index (χ3n) is 4.81. The summed E-state index contributed by atoms with van der Waals surface area (Å²) in [5.74, 6) is -4.14. The van der Waals surface area contributed by atoms with Crippen LogP contribution in [0.4, 0.5) is 8.78 Å². The number of aryl methyl sites for hydroxylation is 2. The maximum absolute atomic E-state index is 14.3. The minimum absolute atomic E-state index is 0.0767. The summed E-state index contributed by atoms with van der Waals surface area (Å²) in [6, 6.07) is 5.58. The summed E-state index contributed by atoms with van der Waals surface area (Å²) >= 11 is 0. The summed E-state index contributed by atoms with van der Waals surface area (Å²) in [6.45, 7) is 1.52. The third-order valence-corrected chi connectivity index (χ3v) is 4.81. The average molecular weight is 361 g/mol. The Morgan fingerprint density at radius 2 is 2.19 bits per heavy atom. The number of nitrogens with zero attached hydrogens (tertiary/aromatic N) is 5. The molecule has 26 heavy (non-hydrogen) atoms. The first-order valence-corrected chi connectivity index (χ1v) is 8.23. The molecule has 1 amide bonds. The average Bonchev–Trinajstić information content (AvgIpc) is 3.19. The number of alkyl halides is 2. The lowest BCUT2D eigenvalue weighted by molar-refractivity contribution is -0.132. The molecule has 1 aliphatic rings. The lowest BCUT2D eigenvalue weighted by Crippen LogP contribution is -2.46. The topological polar surface area (TPSA) is 77.0 Å². The predicted octanol–water partition coefficient (Wildman–Crippen LogP) is 2.51. The Kier molecular flexibility index (Phi) is 3.74. The summed E-state index contributed by atoms with van der Waals surface area (Å²) in [4.78, 5) is 16.0. The molecule has 0 N–H and O–H groups in total. The predicted molar refractivity (Wildman–Crippen MR) is 88.7 cm³/mol. The van der Waals surface area contributed by atoms with Crippen LogP contribution in [0.3, 0.4) is 0 Å². The summed E-state index contributed by atoms with van der Waals surface area (Å²) < 4.78 is 35.5. The number of hydrogen-bond acceptors (Lipinski definition) is 5. The molecule has 4 rings (SSSR count). The van der Waals surface area contributed by atoms with Crippen molar-refractivity contribution < 1.29 is 18.1 Å². The second kappa shape index (κ2) is 5.86. The van der Waals surface area contributed by atoms with Crippen molar-refractivity contribution in [3.8, 4) is 11.4 Å². The summed E-state index contributed by atoms with van der Waals surface area (Å²) in [7, 11) is 1.84. The van der Waals surface area contributed by atoms with Crippen LogP contribution in [0.2, 0.25) is 0 Å². The van der Waals surface area contributed by atoms with Gasteiger partial charge < -0.3 is 9.42 Å². The van der Waals surface area contributed by atoms with E-state index in [2.05, 4.69) is 15.2 Å². The minimum atomic E-state index is -3.11. The number of carbonyl (C=O) groups excluding carboxylic acids is 1. The normalized spacial score (nSPS) is 19.8. The fourth-order valence-corrected chi connectivity index (χ4v) is 3.43. The van der Waals surface area contributed by atoms with E-state index < -0.39 is 18.4 Å². The summed E-state index contributed by atoms with van der Waals surface area (Å²) in [5, 5.41) is 9.24. The third kappa shape index (κ3) is 2.63. The van der Waals surface area contributed by atoms with Gasteiger partial charge in [0.15, 0.2) is 0 Å². The molecule has 7 nitrogen and oxygen atoms in total. The van der Waals surface area contributed by atoms with Crippen molar-refractivity contribution in [1.82, 2.24) is 24.8 Å². The lowest BCUT2D eigenvalue weighted by atomic mass is 9.93. The monoisotopic (exact) mass is 361 g/mol. The Bertz CT molecular complexity index is 981. The van der Waals surface area contributed by atoms with Crippen LogP contribution in [0.25, 0.3) is 22.3 Å². The maximum Gasteiger partial charge on any atom is 0.276 e. The summed E-state index contributed by atoms with van der Waals surface area (Å²) in [6.07, 6.45) is 0.516. The van der Waals surface area contributed by atoms with Gasteiger partial charge in [0, 0.05) is 24.5 Å². The van der Waals surface area contributed by atoms with Crippen LogP contribution in [0, 0.1) is 6.92 Å². The van der Waals surface area contributed by atoms with Gasteiger partial charge in [-0.25, -0.2) is 8.78 Å². The van der Waals surface area contributed by atoms with Gasteiger partial charge in [-0.15, -0.1) is 0 Å². The van der Waals surface area contributed by atoms with Crippen LogP contribution in [0.15, 0.2) is 22.7 Å². The van der Waals surface area contributed by atoms with Crippen molar-refractivity contribution in [1.29, 1.82) is 0 Å². The number of aromatic nitrogens is 4. The van der Waals surface area contributed by atoms with Gasteiger partial charge in [-0.2, -0.15) is 10.1 Å². The number of fused-ring (bicyclic) bond motifs is 1. The van der Waals surface area contributed by atoms with E-state index in [0.29, 0.717) is 12.0 Å². The van der Waals surface area contributed by atoms with Gasteiger partial charge in [-0.05, 0) is 19.4 Å². The zero-order valence-corrected chi connectivity index (χ0v) is 14.3. The van der Waals surface area contributed by atoms with Crippen LogP contribution < -0.4 is 0 Å². The van der Waals surface area contributed by atoms with Crippen molar-refractivity contribution in [2.75, 3.05) is 13.1 Å². The highest BCUT2D eigenvalue weighted by Gasteiger charge is 2.48. The van der Waals surface area contributed by atoms with Crippen LogP contribution in [-0.2, 0) is 11.8 Å². The molecule has 1 atom stereocenters. The van der Waals surface area contributed by atoms with Crippen molar-refractivity contribution >= 4 is 17.3 Å². The van der Waals surface area contributed by atoms with Gasteiger partial charge in [0.25, 0.3) is 5.92 Å². The van der Waals surface area contributed by atoms with E-state index in [0.717, 1.165) is 21.5 Å². The molecular weight excluding hydrogens is 344 g/mol. The molecule has 0 spiro atoms. The molecule has 1 unspecified atom stereocenters. The number of likely N-dealkylation sites (tertiary alicyclic amines) is 1. The number of amides is 1. The highest BCUT2D eigenvalue weighted by Crippen LogP contribution is 2.39. The molecule has 0 bridgehead atoms. The van der Waals surface area contributed by atoms with Gasteiger partial charge in [0.2, 0.25) is 18.1 Å². The van der Waals surface area contributed by atoms with E-state index >= 15 is 0 Å². The van der Waals surface area contributed by atoms with Crippen molar-refractivity contribution in [2.45, 2.75) is 25.2 Å². The first kappa shape index (κ1) is 16.6. The van der Waals surface area contributed by atoms with E-state index in [-0.39, 0.29) is 24.7 Å². The van der Waals surface area contributed by atoms with Crippen LogP contribution in [-0.4, -0.2) is 50.2 Å². The molecule has 1 fully saturated rings. The SMILES string of the molecule is Cc1nn(C)c2cc(-c3noc(C4CCN(C=O)CC4(F)F)n3)ccc12. The van der Waals surface area contributed by atoms with Gasteiger partial charge in [-0.1, -0.05) is 17.3 Å². The fourth-order valence-electron chi connectivity index (χ4n) is 3.43. The van der Waals surface area contributed by atoms with Crippen molar-refractivity contribution in [3.05, 3.63) is 29.8 Å². The molecule has 136 valence electrons. The molecule has 1 saturated heterocycles. The van der Waals surface area contributed by atoms with E-state index in [9.17, 15) is 13.6 Å². The number of piperidine rings is 1. The van der Waals surface area contributed by atoms with Crippen LogP contribution in [0.5, 0.6) is 0 Å². The molecule has 1 aromatic carbocycles. The highest BCUT2D eigenvalue weighted by molar-refractivity contribution is 5.85. The van der Waals surface area contributed by atoms with Crippen LogP contribution >= 0.6 is 0 Å². The molecule has 0 aliphatic carbocycles. The summed E-state index contributed by atoms with van der Waals surface area (Å²) in [5.41, 5.74) is 2.48. The van der Waals surface area contributed by atoms with E-state index in [4.69, 9.17) is 4.52 Å². The van der Waals surface area contributed by atoms with E-state index in [1.807, 2.05) is 32.2 Å². The first-order valence-electron chi connectivity index (χ1n) is 8.23. The molecule has 3 aromatic rings. The molecule has 9 heteroatoms. The second-order valence-electron chi connectivity index (χ2n) is 6.58. The zero-order chi connectivity index (χ0) is 18.5. The number of carbonyl (C=O) groups is 1. The van der Waals surface area contributed by atoms with Gasteiger partial charge >= 0.3 is 0 Å². The van der Waals surface area contributed by atoms with Gasteiger partial charge in [0.1, 0.15) is 5.92 Å². The molecule has 3 heterocycles. The molecule has 0 saturated carbocycles. The Morgan fingerprint density at radius 3 is 2.92 bits per heavy atom. The highest BCUT2D eigenvalue weighted by atomic mass is 19.3. The second-order valence-corrected chi connectivity index (χ2v) is 6.58. The van der Waals surface area contributed by atoms with E-state index in [1.54, 1.807) is 4.68 Å². The Morgan fingerprint density at radius 1 is 1.38 bits per heavy atom. The van der Waals surface area contributed by atoms with Crippen molar-refractivity contribution in [3.63, 3.8) is 0 Å². The number of hydrogen-bond donors (Lipinski definition) is 0. The minimum Gasteiger partial charge on any atom is -0.339 e. The van der Waals surface area contributed by atoms with Gasteiger partial charge in [-0.3, -0.25) is 9.48 Å². The van der Waals surface area contributed by atoms with Gasteiger partial charge in [0.05, 0.1) is 17.8 Å². The molecular formula is C17H17F2N5O2. The van der Waals surface area contributed by atoms with E-state index in [1.165, 1.54) is 0 Å². The zero-order valence-electron chi connectivity index (χ0n) is 14.3. The van der Waals surface area contributed by atoms with Crippen LogP contribution in [0.1, 0.15) is 23.9 Å². The fraction of sp³-hybridized carbons (Fsp3) is 0.412. The Labute approximate surface area is 147 Å². The Balaban J connectivity index is 1.66. The number of benzene rings is 1. The quantitative estimate of drug-likeness (QED) is 0.670. The Hall–Kier alpha value is -2.84. The number of halogens is 2. The number of rotatable bonds is 3. The standard InChI is InChI=1S/C17H17F2N5O2/c1-10-12-4-3-11(7-14(12)23(2)21-10)15-20-16(26-22-15)13-5-6-24(9-25)8-17(13,18)19/h3-4,7,9,13H,5-6,8H2,1-2H3. The maximum atomic E-state index is 14.3. The largest absolute Gasteiger partial charge is 0.339 e. The smallest absolute Gasteiger partial charge is 0.276 e.